The van der Waals surface area contributed by atoms with Gasteiger partial charge in [0.25, 0.3) is 5.91 Å². The monoisotopic (exact) mass is 402 g/mol. The highest BCUT2D eigenvalue weighted by molar-refractivity contribution is 7.86. The standard InChI is InChI=1S/C21H26N2O4S/c1-4-23(5-2)21(24)17-8-6-16(7-9-17)20-19-14-18(27-28(3,25)26)11-10-15(19)12-13-22-20/h6-11,14,20,22H,4-5,12-13H2,1-3H3. The zero-order chi connectivity index (χ0) is 20.3. The topological polar surface area (TPSA) is 75.7 Å². The van der Waals surface area contributed by atoms with Crippen LogP contribution in [-0.4, -0.2) is 45.1 Å². The Morgan fingerprint density at radius 1 is 1.14 bits per heavy atom. The van der Waals surface area contributed by atoms with Crippen molar-refractivity contribution in [3.8, 4) is 5.75 Å². The maximum Gasteiger partial charge on any atom is 0.306 e. The van der Waals surface area contributed by atoms with Gasteiger partial charge in [0, 0.05) is 25.2 Å². The molecule has 1 amide bonds. The summed E-state index contributed by atoms with van der Waals surface area (Å²) in [6.45, 7) is 6.11. The minimum absolute atomic E-state index is 0.0254. The van der Waals surface area contributed by atoms with Gasteiger partial charge in [0.15, 0.2) is 0 Å². The average Bonchev–Trinajstić information content (AvgIpc) is 2.67. The van der Waals surface area contributed by atoms with Gasteiger partial charge in [-0.2, -0.15) is 8.42 Å². The van der Waals surface area contributed by atoms with Crippen molar-refractivity contribution in [2.24, 2.45) is 0 Å². The van der Waals surface area contributed by atoms with Gasteiger partial charge in [-0.1, -0.05) is 18.2 Å². The van der Waals surface area contributed by atoms with Gasteiger partial charge in [-0.3, -0.25) is 4.79 Å². The number of fused-ring (bicyclic) bond motifs is 1. The Balaban J connectivity index is 1.89. The number of nitrogens with zero attached hydrogens (tertiary/aromatic N) is 1. The highest BCUT2D eigenvalue weighted by atomic mass is 32.2. The van der Waals surface area contributed by atoms with E-state index in [-0.39, 0.29) is 11.9 Å². The summed E-state index contributed by atoms with van der Waals surface area (Å²) in [5, 5.41) is 3.48. The average molecular weight is 403 g/mol. The molecule has 1 N–H and O–H groups in total. The Bertz CT molecular complexity index is 951. The third-order valence-corrected chi connectivity index (χ3v) is 5.46. The van der Waals surface area contributed by atoms with Crippen molar-refractivity contribution >= 4 is 16.0 Å². The lowest BCUT2D eigenvalue weighted by atomic mass is 9.89. The number of nitrogens with one attached hydrogen (secondary N) is 1. The normalized spacial score (nSPS) is 16.3. The first-order chi connectivity index (χ1) is 13.3. The molecule has 0 saturated carbocycles. The van der Waals surface area contributed by atoms with E-state index in [4.69, 9.17) is 4.18 Å². The second kappa shape index (κ2) is 8.32. The second-order valence-electron chi connectivity index (χ2n) is 6.88. The van der Waals surface area contributed by atoms with Crippen molar-refractivity contribution in [3.63, 3.8) is 0 Å². The van der Waals surface area contributed by atoms with E-state index in [1.807, 2.05) is 44.2 Å². The number of carbonyl (C=O) groups excluding carboxylic acids is 1. The predicted octanol–water partition coefficient (Wildman–Crippen LogP) is 2.74. The molecule has 1 unspecified atom stereocenters. The summed E-state index contributed by atoms with van der Waals surface area (Å²) in [6, 6.07) is 12.9. The van der Waals surface area contributed by atoms with Gasteiger partial charge in [0.2, 0.25) is 0 Å². The molecule has 0 fully saturated rings. The molecule has 1 atom stereocenters. The van der Waals surface area contributed by atoms with Gasteiger partial charge in [0.05, 0.1) is 12.3 Å². The number of hydrogen-bond acceptors (Lipinski definition) is 5. The molecule has 0 aromatic heterocycles. The summed E-state index contributed by atoms with van der Waals surface area (Å²) < 4.78 is 28.0. The van der Waals surface area contributed by atoms with Crippen LogP contribution in [0.25, 0.3) is 0 Å². The third kappa shape index (κ3) is 4.54. The Labute approximate surface area is 166 Å². The first-order valence-corrected chi connectivity index (χ1v) is 11.3. The zero-order valence-corrected chi connectivity index (χ0v) is 17.3. The van der Waals surface area contributed by atoms with Crippen LogP contribution in [0.3, 0.4) is 0 Å². The molecule has 1 aliphatic heterocycles. The van der Waals surface area contributed by atoms with Crippen LogP contribution in [0.1, 0.15) is 46.9 Å². The van der Waals surface area contributed by atoms with Gasteiger partial charge >= 0.3 is 10.1 Å². The zero-order valence-electron chi connectivity index (χ0n) is 16.4. The van der Waals surface area contributed by atoms with E-state index in [1.54, 1.807) is 17.0 Å². The lowest BCUT2D eigenvalue weighted by Gasteiger charge is -2.28. The third-order valence-electron chi connectivity index (χ3n) is 4.96. The summed E-state index contributed by atoms with van der Waals surface area (Å²) in [6.07, 6.45) is 1.90. The van der Waals surface area contributed by atoms with Crippen LogP contribution < -0.4 is 9.50 Å². The minimum Gasteiger partial charge on any atom is -0.383 e. The molecule has 2 aromatic carbocycles. The Kier molecular flexibility index (Phi) is 6.05. The molecule has 1 heterocycles. The van der Waals surface area contributed by atoms with Crippen LogP contribution in [0.2, 0.25) is 0 Å². The Morgan fingerprint density at radius 2 is 1.82 bits per heavy atom. The predicted molar refractivity (Wildman–Crippen MR) is 109 cm³/mol. The number of rotatable bonds is 6. The van der Waals surface area contributed by atoms with Crippen molar-refractivity contribution in [1.82, 2.24) is 10.2 Å². The molecule has 150 valence electrons. The van der Waals surface area contributed by atoms with Gasteiger partial charge in [0.1, 0.15) is 5.75 Å². The van der Waals surface area contributed by atoms with Gasteiger partial charge in [-0.15, -0.1) is 0 Å². The smallest absolute Gasteiger partial charge is 0.306 e. The number of hydrogen-bond donors (Lipinski definition) is 1. The lowest BCUT2D eigenvalue weighted by molar-refractivity contribution is 0.0773. The van der Waals surface area contributed by atoms with E-state index in [1.165, 1.54) is 0 Å². The van der Waals surface area contributed by atoms with E-state index in [9.17, 15) is 13.2 Å². The van der Waals surface area contributed by atoms with Crippen molar-refractivity contribution in [2.45, 2.75) is 26.3 Å². The quantitative estimate of drug-likeness (QED) is 0.752. The molecule has 7 heteroatoms. The van der Waals surface area contributed by atoms with Crippen molar-refractivity contribution in [3.05, 3.63) is 64.7 Å². The highest BCUT2D eigenvalue weighted by Gasteiger charge is 2.23. The lowest BCUT2D eigenvalue weighted by Crippen LogP contribution is -2.31. The maximum absolute atomic E-state index is 12.5. The van der Waals surface area contributed by atoms with Crippen molar-refractivity contribution < 1.29 is 17.4 Å². The van der Waals surface area contributed by atoms with Crippen LogP contribution in [0.4, 0.5) is 0 Å². The fourth-order valence-electron chi connectivity index (χ4n) is 3.57. The molecule has 0 aliphatic carbocycles. The SMILES string of the molecule is CCN(CC)C(=O)c1ccc(C2NCCc3ccc(OS(C)(=O)=O)cc32)cc1. The second-order valence-corrected chi connectivity index (χ2v) is 8.46. The van der Waals surface area contributed by atoms with Crippen LogP contribution >= 0.6 is 0 Å². The van der Waals surface area contributed by atoms with E-state index in [0.29, 0.717) is 24.4 Å². The highest BCUT2D eigenvalue weighted by Crippen LogP contribution is 2.32. The Hall–Kier alpha value is -2.38. The number of amides is 1. The number of carbonyl (C=O) groups is 1. The minimum atomic E-state index is -3.58. The molecule has 0 saturated heterocycles. The summed E-state index contributed by atoms with van der Waals surface area (Å²) in [7, 11) is -3.58. The maximum atomic E-state index is 12.5. The number of benzene rings is 2. The fraction of sp³-hybridized carbons (Fsp3) is 0.381. The van der Waals surface area contributed by atoms with Crippen LogP contribution in [0, 0.1) is 0 Å². The van der Waals surface area contributed by atoms with Gasteiger partial charge in [-0.05, 0) is 61.2 Å². The van der Waals surface area contributed by atoms with Crippen molar-refractivity contribution in [1.29, 1.82) is 0 Å². The molecular weight excluding hydrogens is 376 g/mol. The summed E-state index contributed by atoms with van der Waals surface area (Å²) in [5.74, 6) is 0.334. The summed E-state index contributed by atoms with van der Waals surface area (Å²) in [5.41, 5.74) is 3.84. The molecule has 0 spiro atoms. The van der Waals surface area contributed by atoms with Crippen molar-refractivity contribution in [2.75, 3.05) is 25.9 Å². The molecule has 1 aliphatic rings. The molecule has 0 radical (unpaired) electrons. The summed E-state index contributed by atoms with van der Waals surface area (Å²) in [4.78, 5) is 14.3. The van der Waals surface area contributed by atoms with Gasteiger partial charge < -0.3 is 14.4 Å². The molecule has 3 rings (SSSR count). The first kappa shape index (κ1) is 20.4. The molecule has 28 heavy (non-hydrogen) atoms. The van der Waals surface area contributed by atoms with E-state index in [2.05, 4.69) is 5.32 Å². The summed E-state index contributed by atoms with van der Waals surface area (Å²) >= 11 is 0. The van der Waals surface area contributed by atoms with E-state index >= 15 is 0 Å². The van der Waals surface area contributed by atoms with Crippen LogP contribution in [-0.2, 0) is 16.5 Å². The Morgan fingerprint density at radius 3 is 2.43 bits per heavy atom. The van der Waals surface area contributed by atoms with Crippen LogP contribution in [0.15, 0.2) is 42.5 Å². The molecular formula is C21H26N2O4S. The fourth-order valence-corrected chi connectivity index (χ4v) is 4.02. The van der Waals surface area contributed by atoms with Gasteiger partial charge in [-0.25, -0.2) is 0 Å². The first-order valence-electron chi connectivity index (χ1n) is 9.47. The van der Waals surface area contributed by atoms with E-state index in [0.717, 1.165) is 35.9 Å². The van der Waals surface area contributed by atoms with E-state index < -0.39 is 10.1 Å². The molecule has 6 nitrogen and oxygen atoms in total. The van der Waals surface area contributed by atoms with Crippen LogP contribution in [0.5, 0.6) is 5.75 Å². The molecule has 0 bridgehead atoms. The largest absolute Gasteiger partial charge is 0.383 e. The molecule has 2 aromatic rings.